The lowest BCUT2D eigenvalue weighted by molar-refractivity contribution is -0.385. The van der Waals surface area contributed by atoms with Crippen LogP contribution in [0.3, 0.4) is 0 Å². The summed E-state index contributed by atoms with van der Waals surface area (Å²) < 4.78 is 0. The van der Waals surface area contributed by atoms with Crippen molar-refractivity contribution >= 4 is 28.1 Å². The zero-order valence-corrected chi connectivity index (χ0v) is 14.8. The van der Waals surface area contributed by atoms with Crippen molar-refractivity contribution in [2.45, 2.75) is 26.3 Å². The van der Waals surface area contributed by atoms with Crippen LogP contribution in [0.25, 0.3) is 0 Å². The lowest BCUT2D eigenvalue weighted by Gasteiger charge is -2.31. The first-order valence-corrected chi connectivity index (χ1v) is 9.08. The molecule has 1 aliphatic rings. The minimum absolute atomic E-state index is 0.0136. The summed E-state index contributed by atoms with van der Waals surface area (Å²) in [4.78, 5) is 29.5. The number of hydrogen-bond donors (Lipinski definition) is 1. The molecule has 1 aromatic carbocycles. The first-order chi connectivity index (χ1) is 12.0. The number of nitrogens with one attached hydrogen (secondary N) is 1. The molecule has 8 heteroatoms. The third kappa shape index (κ3) is 4.40. The highest BCUT2D eigenvalue weighted by Crippen LogP contribution is 2.25. The molecule has 1 aliphatic heterocycles. The second kappa shape index (κ2) is 7.71. The van der Waals surface area contributed by atoms with Gasteiger partial charge in [0.05, 0.1) is 10.6 Å². The third-order valence-corrected chi connectivity index (χ3v) is 5.27. The van der Waals surface area contributed by atoms with E-state index in [1.807, 2.05) is 18.4 Å². The van der Waals surface area contributed by atoms with Gasteiger partial charge in [-0.1, -0.05) is 18.2 Å². The Bertz CT molecular complexity index is 769. The van der Waals surface area contributed by atoms with Crippen LogP contribution in [-0.4, -0.2) is 33.8 Å². The molecular weight excluding hydrogens is 340 g/mol. The molecule has 0 aliphatic carbocycles. The molecule has 0 bridgehead atoms. The number of aromatic nitrogens is 1. The van der Waals surface area contributed by atoms with E-state index >= 15 is 0 Å². The zero-order chi connectivity index (χ0) is 17.8. The Labute approximate surface area is 149 Å². The summed E-state index contributed by atoms with van der Waals surface area (Å²) in [6, 6.07) is 6.82. The topological polar surface area (TPSA) is 88.4 Å². The van der Waals surface area contributed by atoms with Crippen LogP contribution in [0.15, 0.2) is 29.6 Å². The Kier molecular flexibility index (Phi) is 5.40. The molecule has 1 N–H and O–H groups in total. The number of rotatable bonds is 5. The molecule has 0 radical (unpaired) electrons. The standard InChI is InChI=1S/C17H20N4O3S/c1-12-11-25-17(18-12)19-16(22)13-6-8-20(9-7-13)10-14-4-2-3-5-15(14)21(23)24/h2-5,11,13H,6-10H2,1H3,(H,18,19,22). The normalized spacial score (nSPS) is 15.9. The third-order valence-electron chi connectivity index (χ3n) is 4.39. The highest BCUT2D eigenvalue weighted by atomic mass is 32.1. The molecule has 0 saturated carbocycles. The van der Waals surface area contributed by atoms with Gasteiger partial charge in [-0.3, -0.25) is 19.8 Å². The number of nitro benzene ring substituents is 1. The van der Waals surface area contributed by atoms with E-state index in [0.717, 1.165) is 31.6 Å². The van der Waals surface area contributed by atoms with Crippen LogP contribution in [0, 0.1) is 23.0 Å². The predicted molar refractivity (Wildman–Crippen MR) is 96.6 cm³/mol. The number of amides is 1. The summed E-state index contributed by atoms with van der Waals surface area (Å²) in [6.07, 6.45) is 1.49. The van der Waals surface area contributed by atoms with E-state index < -0.39 is 0 Å². The van der Waals surface area contributed by atoms with E-state index in [1.165, 1.54) is 17.4 Å². The van der Waals surface area contributed by atoms with Gasteiger partial charge in [-0.05, 0) is 32.9 Å². The molecular formula is C17H20N4O3S. The molecule has 132 valence electrons. The summed E-state index contributed by atoms with van der Waals surface area (Å²) in [6.45, 7) is 3.94. The molecule has 0 unspecified atom stereocenters. The SMILES string of the molecule is Cc1csc(NC(=O)C2CCN(Cc3ccccc3[N+](=O)[O-])CC2)n1. The Morgan fingerprint density at radius 1 is 1.40 bits per heavy atom. The largest absolute Gasteiger partial charge is 0.302 e. The average Bonchev–Trinajstić information content (AvgIpc) is 3.00. The van der Waals surface area contributed by atoms with E-state index in [2.05, 4.69) is 15.2 Å². The van der Waals surface area contributed by atoms with Gasteiger partial charge in [0.25, 0.3) is 5.69 Å². The second-order valence-corrected chi connectivity index (χ2v) is 7.08. The van der Waals surface area contributed by atoms with Crippen LogP contribution in [-0.2, 0) is 11.3 Å². The summed E-state index contributed by atoms with van der Waals surface area (Å²) >= 11 is 1.43. The number of benzene rings is 1. The number of likely N-dealkylation sites (tertiary alicyclic amines) is 1. The van der Waals surface area contributed by atoms with Crippen molar-refractivity contribution in [2.24, 2.45) is 5.92 Å². The van der Waals surface area contributed by atoms with Crippen molar-refractivity contribution in [2.75, 3.05) is 18.4 Å². The summed E-state index contributed by atoms with van der Waals surface area (Å²) in [5.74, 6) is -0.0223. The number of nitrogens with zero attached hydrogens (tertiary/aromatic N) is 3. The summed E-state index contributed by atoms with van der Waals surface area (Å²) in [5.41, 5.74) is 1.77. The van der Waals surface area contributed by atoms with Crippen LogP contribution in [0.1, 0.15) is 24.1 Å². The smallest absolute Gasteiger partial charge is 0.273 e. The number of anilines is 1. The fourth-order valence-corrected chi connectivity index (χ4v) is 3.73. The van der Waals surface area contributed by atoms with E-state index in [9.17, 15) is 14.9 Å². The Balaban J connectivity index is 1.53. The highest BCUT2D eigenvalue weighted by Gasteiger charge is 2.26. The van der Waals surface area contributed by atoms with Gasteiger partial charge in [-0.15, -0.1) is 11.3 Å². The van der Waals surface area contributed by atoms with Gasteiger partial charge in [-0.25, -0.2) is 4.98 Å². The Morgan fingerprint density at radius 2 is 2.12 bits per heavy atom. The van der Waals surface area contributed by atoms with Crippen molar-refractivity contribution < 1.29 is 9.72 Å². The Hall–Kier alpha value is -2.32. The number of aryl methyl sites for hydroxylation is 1. The molecule has 1 aromatic heterocycles. The molecule has 2 heterocycles. The number of para-hydroxylation sites is 1. The van der Waals surface area contributed by atoms with Crippen molar-refractivity contribution in [3.8, 4) is 0 Å². The monoisotopic (exact) mass is 360 g/mol. The fraction of sp³-hybridized carbons (Fsp3) is 0.412. The van der Waals surface area contributed by atoms with Crippen LogP contribution in [0.2, 0.25) is 0 Å². The number of hydrogen-bond acceptors (Lipinski definition) is 6. The zero-order valence-electron chi connectivity index (χ0n) is 14.0. The van der Waals surface area contributed by atoms with Gasteiger partial charge >= 0.3 is 0 Å². The van der Waals surface area contributed by atoms with Crippen molar-refractivity contribution in [1.82, 2.24) is 9.88 Å². The van der Waals surface area contributed by atoms with Crippen molar-refractivity contribution in [1.29, 1.82) is 0 Å². The van der Waals surface area contributed by atoms with Gasteiger partial charge < -0.3 is 5.32 Å². The first-order valence-electron chi connectivity index (χ1n) is 8.20. The van der Waals surface area contributed by atoms with E-state index in [4.69, 9.17) is 0 Å². The highest BCUT2D eigenvalue weighted by molar-refractivity contribution is 7.13. The van der Waals surface area contributed by atoms with E-state index in [1.54, 1.807) is 12.1 Å². The van der Waals surface area contributed by atoms with Crippen LogP contribution >= 0.6 is 11.3 Å². The molecule has 1 fully saturated rings. The number of carbonyl (C=O) groups is 1. The van der Waals surface area contributed by atoms with Gasteiger partial charge in [0, 0.05) is 29.5 Å². The maximum atomic E-state index is 12.3. The van der Waals surface area contributed by atoms with Crippen molar-refractivity contribution in [3.05, 3.63) is 51.0 Å². The quantitative estimate of drug-likeness (QED) is 0.653. The first kappa shape index (κ1) is 17.5. The van der Waals surface area contributed by atoms with Gasteiger partial charge in [-0.2, -0.15) is 0 Å². The molecule has 7 nitrogen and oxygen atoms in total. The van der Waals surface area contributed by atoms with Crippen LogP contribution in [0.4, 0.5) is 10.8 Å². The number of carbonyl (C=O) groups excluding carboxylic acids is 1. The molecule has 25 heavy (non-hydrogen) atoms. The van der Waals surface area contributed by atoms with E-state index in [0.29, 0.717) is 17.2 Å². The Morgan fingerprint density at radius 3 is 2.76 bits per heavy atom. The molecule has 3 rings (SSSR count). The van der Waals surface area contributed by atoms with Crippen LogP contribution in [0.5, 0.6) is 0 Å². The lowest BCUT2D eigenvalue weighted by atomic mass is 9.95. The lowest BCUT2D eigenvalue weighted by Crippen LogP contribution is -2.37. The average molecular weight is 360 g/mol. The van der Waals surface area contributed by atoms with Crippen molar-refractivity contribution in [3.63, 3.8) is 0 Å². The van der Waals surface area contributed by atoms with E-state index in [-0.39, 0.29) is 22.4 Å². The van der Waals surface area contributed by atoms with Gasteiger partial charge in [0.1, 0.15) is 0 Å². The molecule has 0 atom stereocenters. The minimum Gasteiger partial charge on any atom is -0.302 e. The molecule has 2 aromatic rings. The molecule has 1 saturated heterocycles. The maximum Gasteiger partial charge on any atom is 0.273 e. The fourth-order valence-electron chi connectivity index (χ4n) is 3.04. The summed E-state index contributed by atoms with van der Waals surface area (Å²) in [5, 5.41) is 16.5. The van der Waals surface area contributed by atoms with Crippen LogP contribution < -0.4 is 5.32 Å². The minimum atomic E-state index is -0.342. The number of nitro groups is 1. The summed E-state index contributed by atoms with van der Waals surface area (Å²) in [7, 11) is 0. The second-order valence-electron chi connectivity index (χ2n) is 6.22. The maximum absolute atomic E-state index is 12.3. The number of piperidine rings is 1. The van der Waals surface area contributed by atoms with Gasteiger partial charge in [0.2, 0.25) is 5.91 Å². The molecule has 1 amide bonds. The predicted octanol–water partition coefficient (Wildman–Crippen LogP) is 3.21. The van der Waals surface area contributed by atoms with Gasteiger partial charge in [0.15, 0.2) is 5.13 Å². The molecule has 0 spiro atoms. The number of thiazole rings is 1.